The first-order chi connectivity index (χ1) is 7.24. The van der Waals surface area contributed by atoms with Crippen LogP contribution in [-0.4, -0.2) is 23.3 Å². The van der Waals surface area contributed by atoms with Crippen molar-refractivity contribution in [3.8, 4) is 0 Å². The van der Waals surface area contributed by atoms with Crippen LogP contribution in [0.5, 0.6) is 0 Å². The van der Waals surface area contributed by atoms with Crippen molar-refractivity contribution in [3.05, 3.63) is 35.0 Å². The zero-order chi connectivity index (χ0) is 10.8. The molecule has 1 heterocycles. The zero-order valence-corrected chi connectivity index (χ0v) is 8.65. The Bertz CT molecular complexity index is 528. The van der Waals surface area contributed by atoms with Crippen LogP contribution in [0.1, 0.15) is 10.4 Å². The average Bonchev–Trinajstić information content (AvgIpc) is 2.28. The Balaban J connectivity index is 2.77. The fourth-order valence-electron chi connectivity index (χ4n) is 1.33. The van der Waals surface area contributed by atoms with Gasteiger partial charge in [0.2, 0.25) is 0 Å². The summed E-state index contributed by atoms with van der Waals surface area (Å²) in [7, 11) is 1.32. The Morgan fingerprint density at radius 1 is 1.47 bits per heavy atom. The third-order valence-corrected chi connectivity index (χ3v) is 2.33. The quantitative estimate of drug-likeness (QED) is 0.693. The number of hydrogen-bond acceptors (Lipinski definition) is 4. The summed E-state index contributed by atoms with van der Waals surface area (Å²) in [6.45, 7) is 0. The van der Waals surface area contributed by atoms with E-state index in [1.807, 2.05) is 0 Å². The minimum absolute atomic E-state index is 0.366. The maximum Gasteiger partial charge on any atom is 0.340 e. The number of rotatable bonds is 1. The normalized spacial score (nSPS) is 10.3. The van der Waals surface area contributed by atoms with Crippen LogP contribution in [0.15, 0.2) is 24.4 Å². The fourth-order valence-corrected chi connectivity index (χ4v) is 1.52. The van der Waals surface area contributed by atoms with Crippen molar-refractivity contribution in [2.75, 3.05) is 7.11 Å². The second-order valence-corrected chi connectivity index (χ2v) is 3.29. The minimum atomic E-state index is -0.447. The minimum Gasteiger partial charge on any atom is -0.465 e. The van der Waals surface area contributed by atoms with E-state index in [9.17, 15) is 4.79 Å². The van der Waals surface area contributed by atoms with Crippen molar-refractivity contribution in [2.24, 2.45) is 0 Å². The van der Waals surface area contributed by atoms with Crippen LogP contribution in [0.2, 0.25) is 5.02 Å². The van der Waals surface area contributed by atoms with E-state index in [1.54, 1.807) is 18.2 Å². The van der Waals surface area contributed by atoms with E-state index in [-0.39, 0.29) is 0 Å². The topological polar surface area (TPSA) is 52.1 Å². The van der Waals surface area contributed by atoms with E-state index in [4.69, 9.17) is 11.6 Å². The molecule has 15 heavy (non-hydrogen) atoms. The third kappa shape index (κ3) is 1.64. The van der Waals surface area contributed by atoms with Gasteiger partial charge in [-0.3, -0.25) is 0 Å². The van der Waals surface area contributed by atoms with Crippen molar-refractivity contribution >= 4 is 28.5 Å². The molecule has 0 spiro atoms. The Morgan fingerprint density at radius 2 is 2.27 bits per heavy atom. The van der Waals surface area contributed by atoms with Crippen LogP contribution in [0.3, 0.4) is 0 Å². The van der Waals surface area contributed by atoms with Crippen molar-refractivity contribution < 1.29 is 9.53 Å². The molecule has 0 saturated heterocycles. The number of nitrogens with zero attached hydrogens (tertiary/aromatic N) is 2. The molecule has 0 unspecified atom stereocenters. The van der Waals surface area contributed by atoms with Crippen LogP contribution in [0.25, 0.3) is 10.9 Å². The van der Waals surface area contributed by atoms with Gasteiger partial charge in [-0.25, -0.2) is 4.79 Å². The summed E-state index contributed by atoms with van der Waals surface area (Å²) in [5, 5.41) is 8.73. The molecule has 0 aliphatic rings. The van der Waals surface area contributed by atoms with E-state index < -0.39 is 5.97 Å². The number of fused-ring (bicyclic) bond motifs is 1. The number of carbonyl (C=O) groups excluding carboxylic acids is 1. The zero-order valence-electron chi connectivity index (χ0n) is 7.90. The van der Waals surface area contributed by atoms with Crippen LogP contribution >= 0.6 is 11.6 Å². The molecule has 5 heteroatoms. The summed E-state index contributed by atoms with van der Waals surface area (Å²) in [5.41, 5.74) is 0.821. The molecule has 0 radical (unpaired) electrons. The summed E-state index contributed by atoms with van der Waals surface area (Å²) >= 11 is 5.92. The van der Waals surface area contributed by atoms with Gasteiger partial charge in [-0.1, -0.05) is 23.7 Å². The van der Waals surface area contributed by atoms with Crippen molar-refractivity contribution in [2.45, 2.75) is 0 Å². The summed E-state index contributed by atoms with van der Waals surface area (Å²) in [5.74, 6) is -0.447. The van der Waals surface area contributed by atoms with Crippen molar-refractivity contribution in [1.82, 2.24) is 10.2 Å². The highest BCUT2D eigenvalue weighted by atomic mass is 35.5. The van der Waals surface area contributed by atoms with E-state index in [2.05, 4.69) is 14.9 Å². The van der Waals surface area contributed by atoms with Crippen LogP contribution in [-0.2, 0) is 4.74 Å². The molecule has 76 valence electrons. The lowest BCUT2D eigenvalue weighted by Crippen LogP contribution is -2.03. The van der Waals surface area contributed by atoms with Gasteiger partial charge in [-0.2, -0.15) is 5.10 Å². The Labute approximate surface area is 90.8 Å². The molecule has 1 aromatic heterocycles. The Hall–Kier alpha value is -1.68. The summed E-state index contributed by atoms with van der Waals surface area (Å²) in [6, 6.07) is 5.13. The van der Waals surface area contributed by atoms with Gasteiger partial charge in [0.05, 0.1) is 23.9 Å². The summed E-state index contributed by atoms with van der Waals surface area (Å²) in [4.78, 5) is 11.4. The summed E-state index contributed by atoms with van der Waals surface area (Å²) in [6.07, 6.45) is 1.44. The number of aromatic nitrogens is 2. The highest BCUT2D eigenvalue weighted by molar-refractivity contribution is 6.35. The molecule has 0 bridgehead atoms. The lowest BCUT2D eigenvalue weighted by Gasteiger charge is -2.03. The van der Waals surface area contributed by atoms with Crippen LogP contribution < -0.4 is 0 Å². The number of halogens is 1. The average molecular weight is 223 g/mol. The molecular weight excluding hydrogens is 216 g/mol. The Morgan fingerprint density at radius 3 is 3.00 bits per heavy atom. The maximum atomic E-state index is 11.4. The first-order valence-electron chi connectivity index (χ1n) is 4.22. The number of methoxy groups -OCH3 is 1. The number of carbonyl (C=O) groups is 1. The molecule has 0 aliphatic carbocycles. The molecule has 0 amide bonds. The van der Waals surface area contributed by atoms with E-state index in [1.165, 1.54) is 13.3 Å². The van der Waals surface area contributed by atoms with Gasteiger partial charge in [0.25, 0.3) is 0 Å². The molecule has 4 nitrogen and oxygen atoms in total. The van der Waals surface area contributed by atoms with Gasteiger partial charge in [-0.15, -0.1) is 5.10 Å². The van der Waals surface area contributed by atoms with E-state index in [0.29, 0.717) is 21.5 Å². The molecule has 2 rings (SSSR count). The largest absolute Gasteiger partial charge is 0.465 e. The number of esters is 1. The lowest BCUT2D eigenvalue weighted by atomic mass is 10.1. The van der Waals surface area contributed by atoms with Crippen LogP contribution in [0.4, 0.5) is 0 Å². The van der Waals surface area contributed by atoms with Gasteiger partial charge in [0.15, 0.2) is 0 Å². The number of ether oxygens (including phenoxy) is 1. The fraction of sp³-hybridized carbons (Fsp3) is 0.100. The maximum absolute atomic E-state index is 11.4. The first kappa shape index (κ1) is 9.86. The Kier molecular flexibility index (Phi) is 2.51. The molecule has 0 fully saturated rings. The molecule has 0 saturated carbocycles. The third-order valence-electron chi connectivity index (χ3n) is 2.03. The molecule has 0 aliphatic heterocycles. The predicted molar refractivity (Wildman–Crippen MR) is 55.9 cm³/mol. The van der Waals surface area contributed by atoms with Gasteiger partial charge >= 0.3 is 5.97 Å². The van der Waals surface area contributed by atoms with Crippen molar-refractivity contribution in [3.63, 3.8) is 0 Å². The molecular formula is C10H7ClN2O2. The van der Waals surface area contributed by atoms with Crippen LogP contribution in [0, 0.1) is 0 Å². The van der Waals surface area contributed by atoms with E-state index in [0.717, 1.165) is 0 Å². The highest BCUT2D eigenvalue weighted by Gasteiger charge is 2.12. The lowest BCUT2D eigenvalue weighted by molar-refractivity contribution is 0.0602. The monoisotopic (exact) mass is 222 g/mol. The van der Waals surface area contributed by atoms with E-state index >= 15 is 0 Å². The number of benzene rings is 1. The first-order valence-corrected chi connectivity index (χ1v) is 4.60. The molecule has 2 aromatic rings. The molecule has 1 aromatic carbocycles. The molecule has 0 N–H and O–H groups in total. The predicted octanol–water partition coefficient (Wildman–Crippen LogP) is 2.07. The second-order valence-electron chi connectivity index (χ2n) is 2.89. The van der Waals surface area contributed by atoms with Gasteiger partial charge < -0.3 is 4.74 Å². The standard InChI is InChI=1S/C10H7ClN2O2/c1-15-10(14)7-4-2-3-6-8(11)5-12-13-9(6)7/h2-5H,1H3. The van der Waals surface area contributed by atoms with Gasteiger partial charge in [0, 0.05) is 5.39 Å². The smallest absolute Gasteiger partial charge is 0.340 e. The second kappa shape index (κ2) is 3.82. The van der Waals surface area contributed by atoms with Gasteiger partial charge in [0.1, 0.15) is 5.52 Å². The summed E-state index contributed by atoms with van der Waals surface area (Å²) < 4.78 is 4.63. The number of hydrogen-bond donors (Lipinski definition) is 0. The SMILES string of the molecule is COC(=O)c1cccc2c(Cl)cnnc12. The van der Waals surface area contributed by atoms with Gasteiger partial charge in [-0.05, 0) is 6.07 Å². The molecule has 0 atom stereocenters. The highest BCUT2D eigenvalue weighted by Crippen LogP contribution is 2.23. The van der Waals surface area contributed by atoms with Crippen molar-refractivity contribution in [1.29, 1.82) is 0 Å².